The van der Waals surface area contributed by atoms with Crippen molar-refractivity contribution in [3.05, 3.63) is 58.6 Å². The summed E-state index contributed by atoms with van der Waals surface area (Å²) in [5.74, 6) is 1.30. The van der Waals surface area contributed by atoms with E-state index in [1.807, 2.05) is 49.4 Å². The average Bonchev–Trinajstić information content (AvgIpc) is 2.87. The Morgan fingerprint density at radius 1 is 1.00 bits per heavy atom. The van der Waals surface area contributed by atoms with Gasteiger partial charge in [-0.2, -0.15) is 0 Å². The van der Waals surface area contributed by atoms with Crippen molar-refractivity contribution in [1.29, 1.82) is 0 Å². The summed E-state index contributed by atoms with van der Waals surface area (Å²) in [7, 11) is 0. The van der Waals surface area contributed by atoms with Gasteiger partial charge in [-0.05, 0) is 61.6 Å². The molecule has 7 heteroatoms. The summed E-state index contributed by atoms with van der Waals surface area (Å²) < 4.78 is 11.2. The highest BCUT2D eigenvalue weighted by molar-refractivity contribution is 6.30. The Hall–Kier alpha value is -2.73. The summed E-state index contributed by atoms with van der Waals surface area (Å²) in [5.41, 5.74) is 1.94. The molecule has 1 aliphatic heterocycles. The third kappa shape index (κ3) is 6.44. The molecular formula is C27H33ClN2O4. The zero-order chi connectivity index (χ0) is 23.9. The summed E-state index contributed by atoms with van der Waals surface area (Å²) in [6, 6.07) is 12.8. The fourth-order valence-electron chi connectivity index (χ4n) is 4.58. The molecule has 182 valence electrons. The number of carbonyl (C=O) groups is 2. The smallest absolute Gasteiger partial charge is 0.242 e. The van der Waals surface area contributed by atoms with Crippen molar-refractivity contribution in [2.24, 2.45) is 0 Å². The lowest BCUT2D eigenvalue weighted by Crippen LogP contribution is -2.50. The number of carbonyl (C=O) groups excluding carboxylic acids is 2. The normalized spacial score (nSPS) is 16.5. The van der Waals surface area contributed by atoms with E-state index in [2.05, 4.69) is 5.32 Å². The Bertz CT molecular complexity index is 989. The molecule has 1 fully saturated rings. The summed E-state index contributed by atoms with van der Waals surface area (Å²) >= 11 is 6.04. The Balaban J connectivity index is 1.44. The minimum atomic E-state index is -0.564. The Kier molecular flexibility index (Phi) is 8.33. The van der Waals surface area contributed by atoms with Crippen LogP contribution < -0.4 is 14.8 Å². The van der Waals surface area contributed by atoms with E-state index in [0.717, 1.165) is 48.3 Å². The molecule has 1 aliphatic carbocycles. The molecule has 34 heavy (non-hydrogen) atoms. The molecule has 1 heterocycles. The lowest BCUT2D eigenvalue weighted by molar-refractivity contribution is -0.141. The number of rotatable bonds is 8. The summed E-state index contributed by atoms with van der Waals surface area (Å²) in [4.78, 5) is 28.1. The van der Waals surface area contributed by atoms with Gasteiger partial charge >= 0.3 is 0 Å². The van der Waals surface area contributed by atoms with Crippen molar-refractivity contribution < 1.29 is 19.1 Å². The van der Waals surface area contributed by atoms with Crippen molar-refractivity contribution in [2.75, 3.05) is 13.2 Å². The molecule has 0 aromatic heterocycles. The third-order valence-corrected chi connectivity index (χ3v) is 6.87. The summed E-state index contributed by atoms with van der Waals surface area (Å²) in [6.07, 6.45) is 6.38. The van der Waals surface area contributed by atoms with Gasteiger partial charge in [-0.15, -0.1) is 0 Å². The fraction of sp³-hybridized carbons (Fsp3) is 0.481. The van der Waals surface area contributed by atoms with E-state index in [4.69, 9.17) is 21.1 Å². The first-order valence-electron chi connectivity index (χ1n) is 12.2. The molecule has 1 saturated carbocycles. The minimum Gasteiger partial charge on any atom is -0.486 e. The van der Waals surface area contributed by atoms with Crippen LogP contribution in [-0.4, -0.2) is 42.0 Å². The lowest BCUT2D eigenvalue weighted by atomic mass is 9.95. The van der Waals surface area contributed by atoms with E-state index >= 15 is 0 Å². The topological polar surface area (TPSA) is 67.9 Å². The van der Waals surface area contributed by atoms with Crippen molar-refractivity contribution in [1.82, 2.24) is 10.2 Å². The molecule has 2 aliphatic rings. The number of fused-ring (bicyclic) bond motifs is 1. The van der Waals surface area contributed by atoms with E-state index in [9.17, 15) is 9.59 Å². The molecular weight excluding hydrogens is 452 g/mol. The van der Waals surface area contributed by atoms with E-state index in [0.29, 0.717) is 37.6 Å². The third-order valence-electron chi connectivity index (χ3n) is 6.62. The molecule has 2 amide bonds. The number of hydrogen-bond acceptors (Lipinski definition) is 4. The van der Waals surface area contributed by atoms with E-state index in [1.54, 1.807) is 4.90 Å². The highest BCUT2D eigenvalue weighted by atomic mass is 35.5. The summed E-state index contributed by atoms with van der Waals surface area (Å²) in [5, 5.41) is 3.81. The van der Waals surface area contributed by atoms with Crippen molar-refractivity contribution in [3.8, 4) is 11.5 Å². The van der Waals surface area contributed by atoms with E-state index in [-0.39, 0.29) is 17.9 Å². The second kappa shape index (κ2) is 11.6. The molecule has 2 aromatic carbocycles. The Labute approximate surface area is 206 Å². The maximum Gasteiger partial charge on any atom is 0.242 e. The SMILES string of the molecule is CC(C(=O)NC1CCCCC1)N(Cc1ccc(Cl)cc1)C(=O)CCc1ccc2c(c1)OCCO2. The van der Waals surface area contributed by atoms with Gasteiger partial charge in [0.2, 0.25) is 11.8 Å². The quantitative estimate of drug-likeness (QED) is 0.578. The van der Waals surface area contributed by atoms with Crippen LogP contribution in [0.1, 0.15) is 56.6 Å². The molecule has 1 atom stereocenters. The zero-order valence-electron chi connectivity index (χ0n) is 19.7. The molecule has 0 spiro atoms. The highest BCUT2D eigenvalue weighted by Crippen LogP contribution is 2.31. The van der Waals surface area contributed by atoms with Gasteiger partial charge in [0.15, 0.2) is 11.5 Å². The molecule has 1 unspecified atom stereocenters. The number of ether oxygens (including phenoxy) is 2. The molecule has 0 saturated heterocycles. The summed E-state index contributed by atoms with van der Waals surface area (Å²) in [6.45, 7) is 3.25. The largest absolute Gasteiger partial charge is 0.486 e. The molecule has 1 N–H and O–H groups in total. The van der Waals surface area contributed by atoms with Crippen molar-refractivity contribution >= 4 is 23.4 Å². The molecule has 2 aromatic rings. The number of aryl methyl sites for hydroxylation is 1. The fourth-order valence-corrected chi connectivity index (χ4v) is 4.70. The van der Waals surface area contributed by atoms with Gasteiger partial charge in [-0.25, -0.2) is 0 Å². The number of hydrogen-bond donors (Lipinski definition) is 1. The molecule has 6 nitrogen and oxygen atoms in total. The first-order valence-corrected chi connectivity index (χ1v) is 12.6. The van der Waals surface area contributed by atoms with Crippen LogP contribution in [0, 0.1) is 0 Å². The maximum absolute atomic E-state index is 13.4. The van der Waals surface area contributed by atoms with Crippen LogP contribution in [0.5, 0.6) is 11.5 Å². The van der Waals surface area contributed by atoms with Gasteiger partial charge in [-0.1, -0.05) is 49.1 Å². The second-order valence-electron chi connectivity index (χ2n) is 9.15. The average molecular weight is 485 g/mol. The number of amides is 2. The van der Waals surface area contributed by atoms with Crippen LogP contribution in [0.3, 0.4) is 0 Å². The predicted molar refractivity (Wildman–Crippen MR) is 132 cm³/mol. The first-order chi connectivity index (χ1) is 16.5. The van der Waals surface area contributed by atoms with Gasteiger partial charge in [0.05, 0.1) is 0 Å². The van der Waals surface area contributed by atoms with Gasteiger partial charge in [0.1, 0.15) is 19.3 Å². The van der Waals surface area contributed by atoms with Crippen molar-refractivity contribution in [2.45, 2.75) is 70.5 Å². The number of halogens is 1. The van der Waals surface area contributed by atoms with Crippen LogP contribution in [-0.2, 0) is 22.6 Å². The van der Waals surface area contributed by atoms with Gasteiger partial charge in [0, 0.05) is 24.0 Å². The van der Waals surface area contributed by atoms with Crippen LogP contribution >= 0.6 is 11.6 Å². The Morgan fingerprint density at radius 2 is 1.68 bits per heavy atom. The van der Waals surface area contributed by atoms with Gasteiger partial charge in [-0.3, -0.25) is 9.59 Å². The van der Waals surface area contributed by atoms with Crippen LogP contribution in [0.2, 0.25) is 5.02 Å². The maximum atomic E-state index is 13.4. The van der Waals surface area contributed by atoms with Gasteiger partial charge in [0.25, 0.3) is 0 Å². The standard InChI is InChI=1S/C27H33ClN2O4/c1-19(27(32)29-23-5-3-2-4-6-23)30(18-21-7-11-22(28)12-8-21)26(31)14-10-20-9-13-24-25(17-20)34-16-15-33-24/h7-9,11-13,17,19,23H,2-6,10,14-16,18H2,1H3,(H,29,32). The molecule has 0 radical (unpaired) electrons. The van der Waals surface area contributed by atoms with Crippen LogP contribution in [0.25, 0.3) is 0 Å². The Morgan fingerprint density at radius 3 is 2.41 bits per heavy atom. The number of benzene rings is 2. The molecule has 0 bridgehead atoms. The highest BCUT2D eigenvalue weighted by Gasteiger charge is 2.28. The zero-order valence-corrected chi connectivity index (χ0v) is 20.5. The lowest BCUT2D eigenvalue weighted by Gasteiger charge is -2.31. The molecule has 4 rings (SSSR count). The van der Waals surface area contributed by atoms with Crippen LogP contribution in [0.4, 0.5) is 0 Å². The van der Waals surface area contributed by atoms with E-state index in [1.165, 1.54) is 6.42 Å². The minimum absolute atomic E-state index is 0.0591. The second-order valence-corrected chi connectivity index (χ2v) is 9.58. The monoisotopic (exact) mass is 484 g/mol. The van der Waals surface area contributed by atoms with Crippen LogP contribution in [0.15, 0.2) is 42.5 Å². The predicted octanol–water partition coefficient (Wildman–Crippen LogP) is 4.91. The number of nitrogens with zero attached hydrogens (tertiary/aromatic N) is 1. The van der Waals surface area contributed by atoms with Gasteiger partial charge < -0.3 is 19.7 Å². The van der Waals surface area contributed by atoms with E-state index < -0.39 is 6.04 Å². The van der Waals surface area contributed by atoms with Crippen molar-refractivity contribution in [3.63, 3.8) is 0 Å². The number of nitrogens with one attached hydrogen (secondary N) is 1. The first kappa shape index (κ1) is 24.4.